The van der Waals surface area contributed by atoms with E-state index in [0.29, 0.717) is 25.9 Å². The minimum Gasteiger partial charge on any atom is -0.479 e. The molecule has 2 aliphatic heterocycles. The van der Waals surface area contributed by atoms with Crippen molar-refractivity contribution < 1.29 is 24.2 Å². The molecule has 20 heavy (non-hydrogen) atoms. The second-order valence-corrected chi connectivity index (χ2v) is 6.67. The SMILES string of the molecule is CC(C)(C)OC(=O)N1CCCC2(CC[C@@H](C(=O)O)O2)C1. The molecule has 0 aliphatic carbocycles. The van der Waals surface area contributed by atoms with E-state index in [1.54, 1.807) is 4.90 Å². The van der Waals surface area contributed by atoms with Crippen LogP contribution in [-0.4, -0.2) is 52.5 Å². The molecule has 114 valence electrons. The van der Waals surface area contributed by atoms with E-state index in [-0.39, 0.29) is 6.09 Å². The predicted octanol–water partition coefficient (Wildman–Crippen LogP) is 2.02. The highest BCUT2D eigenvalue weighted by Crippen LogP contribution is 2.38. The van der Waals surface area contributed by atoms with Gasteiger partial charge in [0.25, 0.3) is 0 Å². The zero-order valence-corrected chi connectivity index (χ0v) is 12.3. The van der Waals surface area contributed by atoms with Crippen molar-refractivity contribution in [3.63, 3.8) is 0 Å². The van der Waals surface area contributed by atoms with Crippen LogP contribution in [-0.2, 0) is 14.3 Å². The van der Waals surface area contributed by atoms with E-state index >= 15 is 0 Å². The van der Waals surface area contributed by atoms with Crippen LogP contribution in [0.5, 0.6) is 0 Å². The van der Waals surface area contributed by atoms with Gasteiger partial charge >= 0.3 is 12.1 Å². The summed E-state index contributed by atoms with van der Waals surface area (Å²) in [5.41, 5.74) is -1.03. The molecule has 2 rings (SSSR count). The Labute approximate surface area is 119 Å². The van der Waals surface area contributed by atoms with Gasteiger partial charge in [0.1, 0.15) is 5.60 Å². The lowest BCUT2D eigenvalue weighted by Gasteiger charge is -2.40. The monoisotopic (exact) mass is 285 g/mol. The molecular formula is C14H23NO5. The Morgan fingerprint density at radius 2 is 2.05 bits per heavy atom. The fourth-order valence-electron chi connectivity index (χ4n) is 2.87. The molecular weight excluding hydrogens is 262 g/mol. The van der Waals surface area contributed by atoms with Gasteiger partial charge in [-0.1, -0.05) is 0 Å². The summed E-state index contributed by atoms with van der Waals surface area (Å²) in [5, 5.41) is 9.02. The smallest absolute Gasteiger partial charge is 0.410 e. The summed E-state index contributed by atoms with van der Waals surface area (Å²) in [4.78, 5) is 24.7. The Kier molecular flexibility index (Phi) is 3.95. The Balaban J connectivity index is 1.99. The van der Waals surface area contributed by atoms with Gasteiger partial charge in [0.05, 0.1) is 12.1 Å². The van der Waals surface area contributed by atoms with Crippen LogP contribution in [0.2, 0.25) is 0 Å². The van der Waals surface area contributed by atoms with Crippen LogP contribution in [0, 0.1) is 0 Å². The van der Waals surface area contributed by atoms with E-state index in [1.807, 2.05) is 20.8 Å². The number of hydrogen-bond acceptors (Lipinski definition) is 4. The molecule has 0 aromatic rings. The highest BCUT2D eigenvalue weighted by atomic mass is 16.6. The molecule has 6 nitrogen and oxygen atoms in total. The number of piperidine rings is 1. The Morgan fingerprint density at radius 3 is 2.60 bits per heavy atom. The topological polar surface area (TPSA) is 76.1 Å². The zero-order valence-electron chi connectivity index (χ0n) is 12.3. The molecule has 2 heterocycles. The summed E-state index contributed by atoms with van der Waals surface area (Å²) in [7, 11) is 0. The number of rotatable bonds is 1. The number of nitrogens with zero attached hydrogens (tertiary/aromatic N) is 1. The number of ether oxygens (including phenoxy) is 2. The van der Waals surface area contributed by atoms with Crippen LogP contribution >= 0.6 is 0 Å². The molecule has 1 N–H and O–H groups in total. The first-order valence-electron chi connectivity index (χ1n) is 7.09. The second-order valence-electron chi connectivity index (χ2n) is 6.67. The number of likely N-dealkylation sites (tertiary alicyclic amines) is 1. The van der Waals surface area contributed by atoms with Crippen molar-refractivity contribution in [1.29, 1.82) is 0 Å². The molecule has 1 unspecified atom stereocenters. The first-order valence-corrected chi connectivity index (χ1v) is 7.09. The van der Waals surface area contributed by atoms with E-state index in [0.717, 1.165) is 12.8 Å². The number of carboxylic acid groups (broad SMARTS) is 1. The van der Waals surface area contributed by atoms with Crippen LogP contribution < -0.4 is 0 Å². The molecule has 2 fully saturated rings. The highest BCUT2D eigenvalue weighted by Gasteiger charge is 2.46. The third kappa shape index (κ3) is 3.42. The molecule has 0 aromatic heterocycles. The number of amides is 1. The molecule has 0 radical (unpaired) electrons. The minimum absolute atomic E-state index is 0.348. The average Bonchev–Trinajstić information content (AvgIpc) is 2.71. The fraction of sp³-hybridized carbons (Fsp3) is 0.857. The molecule has 0 aromatic carbocycles. The number of carbonyl (C=O) groups excluding carboxylic acids is 1. The Hall–Kier alpha value is -1.30. The summed E-state index contributed by atoms with van der Waals surface area (Å²) in [6.07, 6.45) is 1.72. The summed E-state index contributed by atoms with van der Waals surface area (Å²) in [5.74, 6) is -0.920. The Bertz CT molecular complexity index is 403. The molecule has 0 bridgehead atoms. The van der Waals surface area contributed by atoms with Gasteiger partial charge in [-0.05, 0) is 46.5 Å². The van der Waals surface area contributed by atoms with Crippen LogP contribution in [0.25, 0.3) is 0 Å². The van der Waals surface area contributed by atoms with E-state index in [1.165, 1.54) is 0 Å². The number of carbonyl (C=O) groups is 2. The molecule has 1 spiro atoms. The molecule has 2 saturated heterocycles. The van der Waals surface area contributed by atoms with Crippen molar-refractivity contribution in [3.8, 4) is 0 Å². The van der Waals surface area contributed by atoms with Crippen molar-refractivity contribution in [2.75, 3.05) is 13.1 Å². The van der Waals surface area contributed by atoms with Gasteiger partial charge in [-0.2, -0.15) is 0 Å². The standard InChI is InChI=1S/C14H23NO5/c1-13(2,3)20-12(18)15-8-4-6-14(9-15)7-5-10(19-14)11(16)17/h10H,4-9H2,1-3H3,(H,16,17)/t10-,14?/m0/s1. The predicted molar refractivity (Wildman–Crippen MR) is 71.5 cm³/mol. The molecule has 0 saturated carbocycles. The lowest BCUT2D eigenvalue weighted by Crippen LogP contribution is -2.51. The largest absolute Gasteiger partial charge is 0.479 e. The summed E-state index contributed by atoms with van der Waals surface area (Å²) < 4.78 is 11.1. The lowest BCUT2D eigenvalue weighted by atomic mass is 9.90. The van der Waals surface area contributed by atoms with Gasteiger partial charge in [-0.15, -0.1) is 0 Å². The zero-order chi connectivity index (χ0) is 15.0. The number of hydrogen-bond donors (Lipinski definition) is 1. The maximum absolute atomic E-state index is 12.1. The highest BCUT2D eigenvalue weighted by molar-refractivity contribution is 5.73. The Morgan fingerprint density at radius 1 is 1.35 bits per heavy atom. The maximum atomic E-state index is 12.1. The fourth-order valence-corrected chi connectivity index (χ4v) is 2.87. The van der Waals surface area contributed by atoms with Crippen LogP contribution in [0.3, 0.4) is 0 Å². The molecule has 1 amide bonds. The van der Waals surface area contributed by atoms with Crippen molar-refractivity contribution in [2.24, 2.45) is 0 Å². The first kappa shape index (κ1) is 15.1. The summed E-state index contributed by atoms with van der Waals surface area (Å²) in [6, 6.07) is 0. The summed E-state index contributed by atoms with van der Waals surface area (Å²) >= 11 is 0. The van der Waals surface area contributed by atoms with Crippen LogP contribution in [0.4, 0.5) is 4.79 Å². The van der Waals surface area contributed by atoms with Gasteiger partial charge < -0.3 is 19.5 Å². The minimum atomic E-state index is -0.920. The lowest BCUT2D eigenvalue weighted by molar-refractivity contribution is -0.157. The first-order chi connectivity index (χ1) is 9.21. The van der Waals surface area contributed by atoms with Gasteiger partial charge in [0.2, 0.25) is 0 Å². The van der Waals surface area contributed by atoms with E-state index in [2.05, 4.69) is 0 Å². The van der Waals surface area contributed by atoms with E-state index in [9.17, 15) is 9.59 Å². The quantitative estimate of drug-likeness (QED) is 0.797. The normalized spacial score (nSPS) is 30.6. The number of aliphatic carboxylic acids is 1. The maximum Gasteiger partial charge on any atom is 0.410 e. The van der Waals surface area contributed by atoms with Gasteiger partial charge in [0, 0.05) is 6.54 Å². The summed E-state index contributed by atoms with van der Waals surface area (Å²) in [6.45, 7) is 6.55. The van der Waals surface area contributed by atoms with Crippen molar-refractivity contribution >= 4 is 12.1 Å². The van der Waals surface area contributed by atoms with Gasteiger partial charge in [0.15, 0.2) is 6.10 Å². The van der Waals surface area contributed by atoms with E-state index < -0.39 is 23.3 Å². The van der Waals surface area contributed by atoms with Crippen molar-refractivity contribution in [3.05, 3.63) is 0 Å². The van der Waals surface area contributed by atoms with Gasteiger partial charge in [-0.25, -0.2) is 9.59 Å². The van der Waals surface area contributed by atoms with Crippen LogP contribution in [0.1, 0.15) is 46.5 Å². The van der Waals surface area contributed by atoms with E-state index in [4.69, 9.17) is 14.6 Å². The molecule has 2 atom stereocenters. The molecule has 2 aliphatic rings. The van der Waals surface area contributed by atoms with Crippen molar-refractivity contribution in [2.45, 2.75) is 63.8 Å². The van der Waals surface area contributed by atoms with Crippen molar-refractivity contribution in [1.82, 2.24) is 4.90 Å². The number of carboxylic acids is 1. The second kappa shape index (κ2) is 5.24. The van der Waals surface area contributed by atoms with Crippen LogP contribution in [0.15, 0.2) is 0 Å². The van der Waals surface area contributed by atoms with Gasteiger partial charge in [-0.3, -0.25) is 0 Å². The third-order valence-corrected chi connectivity index (χ3v) is 3.72. The third-order valence-electron chi connectivity index (χ3n) is 3.72. The average molecular weight is 285 g/mol. The molecule has 6 heteroatoms.